The molecular formula is C18H21N3O2. The average Bonchev–Trinajstić information content (AvgIpc) is 3.05. The van der Waals surface area contributed by atoms with E-state index in [9.17, 15) is 9.59 Å². The summed E-state index contributed by atoms with van der Waals surface area (Å²) in [6, 6.07) is 9.02. The number of carbonyl (C=O) groups excluding carboxylic acids is 2. The van der Waals surface area contributed by atoms with Crippen LogP contribution in [-0.2, 0) is 16.1 Å². The fourth-order valence-corrected chi connectivity index (χ4v) is 2.66. The van der Waals surface area contributed by atoms with E-state index in [-0.39, 0.29) is 18.2 Å². The Balaban J connectivity index is 1.81. The minimum Gasteiger partial charge on any atom is -0.348 e. The van der Waals surface area contributed by atoms with Crippen LogP contribution in [0.2, 0.25) is 0 Å². The van der Waals surface area contributed by atoms with Crippen molar-refractivity contribution in [1.82, 2.24) is 5.32 Å². The van der Waals surface area contributed by atoms with Gasteiger partial charge in [0.1, 0.15) is 6.42 Å². The third-order valence-electron chi connectivity index (χ3n) is 3.84. The van der Waals surface area contributed by atoms with E-state index in [0.717, 1.165) is 5.56 Å². The summed E-state index contributed by atoms with van der Waals surface area (Å²) in [7, 11) is 0. The van der Waals surface area contributed by atoms with Gasteiger partial charge in [-0.25, -0.2) is 0 Å². The molecule has 0 aromatic heterocycles. The van der Waals surface area contributed by atoms with Gasteiger partial charge in [-0.3, -0.25) is 9.59 Å². The van der Waals surface area contributed by atoms with Gasteiger partial charge in [0.25, 0.3) is 0 Å². The van der Waals surface area contributed by atoms with Crippen LogP contribution in [0.3, 0.4) is 0 Å². The fraction of sp³-hybridized carbons (Fsp3) is 0.389. The molecule has 0 spiro atoms. The summed E-state index contributed by atoms with van der Waals surface area (Å²) in [5, 5.41) is 14.0. The van der Waals surface area contributed by atoms with Crippen molar-refractivity contribution >= 4 is 17.5 Å². The van der Waals surface area contributed by atoms with E-state index in [1.54, 1.807) is 30.3 Å². The molecule has 0 atom stereocenters. The lowest BCUT2D eigenvalue weighted by Gasteiger charge is -2.07. The van der Waals surface area contributed by atoms with Gasteiger partial charge in [-0.05, 0) is 42.5 Å². The molecule has 1 saturated carbocycles. The zero-order chi connectivity index (χ0) is 16.5. The highest BCUT2D eigenvalue weighted by Crippen LogP contribution is 2.25. The first kappa shape index (κ1) is 16.8. The number of nitrogens with zero attached hydrogens (tertiary/aromatic N) is 1. The summed E-state index contributed by atoms with van der Waals surface area (Å²) in [5.74, 6) is 0.100. The highest BCUT2D eigenvalue weighted by atomic mass is 16.2. The molecule has 1 fully saturated rings. The van der Waals surface area contributed by atoms with Crippen molar-refractivity contribution in [2.24, 2.45) is 5.92 Å². The van der Waals surface area contributed by atoms with Crippen molar-refractivity contribution in [3.05, 3.63) is 42.0 Å². The maximum Gasteiger partial charge on any atom is 0.243 e. The number of benzene rings is 1. The number of rotatable bonds is 6. The molecule has 5 nitrogen and oxygen atoms in total. The Labute approximate surface area is 136 Å². The van der Waals surface area contributed by atoms with Gasteiger partial charge in [-0.1, -0.05) is 31.1 Å². The Hall–Kier alpha value is -2.61. The molecule has 0 heterocycles. The molecule has 0 unspecified atom stereocenters. The number of allylic oxidation sites excluding steroid dienone is 1. The SMILES string of the molecule is N#CCC(=O)Nc1cccc(CNC(=O)/C=C/C2CCCC2)c1. The topological polar surface area (TPSA) is 82.0 Å². The molecule has 23 heavy (non-hydrogen) atoms. The van der Waals surface area contributed by atoms with E-state index in [0.29, 0.717) is 18.2 Å². The maximum absolute atomic E-state index is 11.8. The lowest BCUT2D eigenvalue weighted by Crippen LogP contribution is -2.20. The second-order valence-corrected chi connectivity index (χ2v) is 5.70. The van der Waals surface area contributed by atoms with Crippen molar-refractivity contribution in [3.63, 3.8) is 0 Å². The predicted octanol–water partition coefficient (Wildman–Crippen LogP) is 2.90. The van der Waals surface area contributed by atoms with Crippen LogP contribution in [0.15, 0.2) is 36.4 Å². The molecule has 2 rings (SSSR count). The number of nitrogens with one attached hydrogen (secondary N) is 2. The number of hydrogen-bond acceptors (Lipinski definition) is 3. The fourth-order valence-electron chi connectivity index (χ4n) is 2.66. The van der Waals surface area contributed by atoms with E-state index >= 15 is 0 Å². The molecule has 1 aliphatic carbocycles. The van der Waals surface area contributed by atoms with E-state index < -0.39 is 0 Å². The molecule has 120 valence electrons. The monoisotopic (exact) mass is 311 g/mol. The molecule has 1 aromatic carbocycles. The number of anilines is 1. The van der Waals surface area contributed by atoms with Crippen LogP contribution >= 0.6 is 0 Å². The second-order valence-electron chi connectivity index (χ2n) is 5.70. The number of carbonyl (C=O) groups is 2. The van der Waals surface area contributed by atoms with Crippen LogP contribution in [-0.4, -0.2) is 11.8 Å². The molecule has 1 aliphatic rings. The van der Waals surface area contributed by atoms with Crippen LogP contribution in [0.25, 0.3) is 0 Å². The van der Waals surface area contributed by atoms with Crippen LogP contribution in [0.5, 0.6) is 0 Å². The van der Waals surface area contributed by atoms with Gasteiger partial charge < -0.3 is 10.6 Å². The van der Waals surface area contributed by atoms with Crippen molar-refractivity contribution in [3.8, 4) is 6.07 Å². The van der Waals surface area contributed by atoms with Crippen molar-refractivity contribution in [2.75, 3.05) is 5.32 Å². The number of hydrogen-bond donors (Lipinski definition) is 2. The lowest BCUT2D eigenvalue weighted by molar-refractivity contribution is -0.117. The van der Waals surface area contributed by atoms with Crippen LogP contribution in [0.1, 0.15) is 37.7 Å². The first-order chi connectivity index (χ1) is 11.2. The summed E-state index contributed by atoms with van der Waals surface area (Å²) in [6.07, 6.45) is 8.30. The average molecular weight is 311 g/mol. The van der Waals surface area contributed by atoms with Gasteiger partial charge in [-0.2, -0.15) is 5.26 Å². The van der Waals surface area contributed by atoms with Gasteiger partial charge in [0.15, 0.2) is 0 Å². The Morgan fingerprint density at radius 2 is 2.09 bits per heavy atom. The summed E-state index contributed by atoms with van der Waals surface area (Å²) < 4.78 is 0. The third-order valence-corrected chi connectivity index (χ3v) is 3.84. The van der Waals surface area contributed by atoms with E-state index in [4.69, 9.17) is 5.26 Å². The molecule has 0 saturated heterocycles. The Morgan fingerprint density at radius 1 is 1.30 bits per heavy atom. The smallest absolute Gasteiger partial charge is 0.243 e. The number of nitriles is 1. The largest absolute Gasteiger partial charge is 0.348 e. The molecule has 2 amide bonds. The van der Waals surface area contributed by atoms with Gasteiger partial charge in [0.05, 0.1) is 6.07 Å². The van der Waals surface area contributed by atoms with Crippen molar-refractivity contribution in [2.45, 2.75) is 38.6 Å². The first-order valence-corrected chi connectivity index (χ1v) is 7.89. The predicted molar refractivity (Wildman–Crippen MR) is 88.2 cm³/mol. The molecule has 0 bridgehead atoms. The normalized spacial score (nSPS) is 14.6. The lowest BCUT2D eigenvalue weighted by atomic mass is 10.1. The maximum atomic E-state index is 11.8. The van der Waals surface area contributed by atoms with Crippen LogP contribution < -0.4 is 10.6 Å². The van der Waals surface area contributed by atoms with Crippen molar-refractivity contribution in [1.29, 1.82) is 5.26 Å². The van der Waals surface area contributed by atoms with Crippen LogP contribution in [0, 0.1) is 17.2 Å². The second kappa shape index (κ2) is 8.74. The molecule has 5 heteroatoms. The van der Waals surface area contributed by atoms with E-state index in [1.165, 1.54) is 25.7 Å². The first-order valence-electron chi connectivity index (χ1n) is 7.89. The molecule has 2 N–H and O–H groups in total. The van der Waals surface area contributed by atoms with Gasteiger partial charge >= 0.3 is 0 Å². The number of amides is 2. The Bertz CT molecular complexity index is 625. The molecule has 1 aromatic rings. The summed E-state index contributed by atoms with van der Waals surface area (Å²) >= 11 is 0. The third kappa shape index (κ3) is 5.95. The molecule has 0 radical (unpaired) electrons. The summed E-state index contributed by atoms with van der Waals surface area (Å²) in [4.78, 5) is 23.2. The minimum absolute atomic E-state index is 0.101. The van der Waals surface area contributed by atoms with Gasteiger partial charge in [0, 0.05) is 12.2 Å². The quantitative estimate of drug-likeness (QED) is 0.792. The molecule has 0 aliphatic heterocycles. The standard InChI is InChI=1S/C18H21N3O2/c19-11-10-18(23)21-16-7-3-6-15(12-16)13-20-17(22)9-8-14-4-1-2-5-14/h3,6-9,12,14H,1-2,4-5,10,13H2,(H,20,22)(H,21,23)/b9-8+. The Kier molecular flexibility index (Phi) is 6.37. The van der Waals surface area contributed by atoms with Crippen LogP contribution in [0.4, 0.5) is 5.69 Å². The van der Waals surface area contributed by atoms with Gasteiger partial charge in [0.2, 0.25) is 11.8 Å². The highest BCUT2D eigenvalue weighted by Gasteiger charge is 2.11. The zero-order valence-electron chi connectivity index (χ0n) is 13.0. The minimum atomic E-state index is -0.340. The summed E-state index contributed by atoms with van der Waals surface area (Å²) in [6.45, 7) is 0.399. The highest BCUT2D eigenvalue weighted by molar-refractivity contribution is 5.92. The zero-order valence-corrected chi connectivity index (χ0v) is 13.0. The van der Waals surface area contributed by atoms with E-state index in [2.05, 4.69) is 10.6 Å². The van der Waals surface area contributed by atoms with E-state index in [1.807, 2.05) is 12.1 Å². The summed E-state index contributed by atoms with van der Waals surface area (Å²) in [5.41, 5.74) is 1.51. The molecular weight excluding hydrogens is 290 g/mol. The van der Waals surface area contributed by atoms with Crippen molar-refractivity contribution < 1.29 is 9.59 Å². The van der Waals surface area contributed by atoms with Gasteiger partial charge in [-0.15, -0.1) is 0 Å². The Morgan fingerprint density at radius 3 is 2.83 bits per heavy atom.